The van der Waals surface area contributed by atoms with Gasteiger partial charge in [0.25, 0.3) is 0 Å². The number of hydrogen-bond donors (Lipinski definition) is 2. The van der Waals surface area contributed by atoms with E-state index in [9.17, 15) is 4.79 Å². The average Bonchev–Trinajstić information content (AvgIpc) is 2.38. The van der Waals surface area contributed by atoms with E-state index in [0.29, 0.717) is 5.69 Å². The molecule has 96 valence electrons. The smallest absolute Gasteiger partial charge is 0.335 e. The number of carboxylic acid groups (broad SMARTS) is 1. The number of aromatic carboxylic acids is 1. The van der Waals surface area contributed by atoms with Gasteiger partial charge < -0.3 is 10.4 Å². The van der Waals surface area contributed by atoms with Gasteiger partial charge in [-0.3, -0.25) is 5.01 Å². The van der Waals surface area contributed by atoms with Crippen LogP contribution in [0.3, 0.4) is 0 Å². The molecule has 0 aromatic heterocycles. The number of nitrogens with zero attached hydrogens (tertiary/aromatic N) is 2. The summed E-state index contributed by atoms with van der Waals surface area (Å²) < 4.78 is 0. The first-order chi connectivity index (χ1) is 8.60. The van der Waals surface area contributed by atoms with Crippen LogP contribution in [0.15, 0.2) is 35.5 Å². The van der Waals surface area contributed by atoms with E-state index in [-0.39, 0.29) is 5.56 Å². The fourth-order valence-electron chi connectivity index (χ4n) is 1.43. The number of hydrazone groups is 1. The minimum absolute atomic E-state index is 0.233. The van der Waals surface area contributed by atoms with Gasteiger partial charge in [-0.25, -0.2) is 4.79 Å². The summed E-state index contributed by atoms with van der Waals surface area (Å²) in [5, 5.41) is 17.8. The highest BCUT2D eigenvalue weighted by atomic mass is 16.4. The van der Waals surface area contributed by atoms with Crippen molar-refractivity contribution in [3.05, 3.63) is 35.9 Å². The molecule has 0 fully saturated rings. The molecule has 5 nitrogen and oxygen atoms in total. The number of allylic oxidation sites excluding steroid dienone is 2. The molecule has 0 unspecified atom stereocenters. The first-order valence-electron chi connectivity index (χ1n) is 5.54. The van der Waals surface area contributed by atoms with Crippen LogP contribution in [0.25, 0.3) is 0 Å². The highest BCUT2D eigenvalue weighted by Crippen LogP contribution is 2.26. The van der Waals surface area contributed by atoms with Crippen LogP contribution < -0.4 is 10.3 Å². The van der Waals surface area contributed by atoms with Crippen molar-refractivity contribution in [3.8, 4) is 0 Å². The monoisotopic (exact) mass is 247 g/mol. The summed E-state index contributed by atoms with van der Waals surface area (Å²) in [6.07, 6.45) is 5.31. The van der Waals surface area contributed by atoms with Gasteiger partial charge in [0.1, 0.15) is 0 Å². The van der Waals surface area contributed by atoms with Crippen LogP contribution in [0.4, 0.5) is 11.4 Å². The number of anilines is 2. The molecule has 1 aromatic carbocycles. The SMILES string of the molecule is C/C=C\C=N/N(C)c1cc(C(=O)O)ccc1NC. The highest BCUT2D eigenvalue weighted by Gasteiger charge is 2.10. The van der Waals surface area contributed by atoms with Crippen LogP contribution in [0.5, 0.6) is 0 Å². The van der Waals surface area contributed by atoms with Gasteiger partial charge in [0.2, 0.25) is 0 Å². The summed E-state index contributed by atoms with van der Waals surface area (Å²) in [7, 11) is 3.55. The number of rotatable bonds is 5. The van der Waals surface area contributed by atoms with Crippen LogP contribution >= 0.6 is 0 Å². The van der Waals surface area contributed by atoms with E-state index in [2.05, 4.69) is 10.4 Å². The Hall–Kier alpha value is -2.30. The Morgan fingerprint density at radius 3 is 2.78 bits per heavy atom. The van der Waals surface area contributed by atoms with Gasteiger partial charge in [0.15, 0.2) is 0 Å². The van der Waals surface area contributed by atoms with Crippen molar-refractivity contribution in [2.24, 2.45) is 5.10 Å². The second kappa shape index (κ2) is 6.44. The lowest BCUT2D eigenvalue weighted by atomic mass is 10.1. The van der Waals surface area contributed by atoms with Gasteiger partial charge in [-0.05, 0) is 31.2 Å². The van der Waals surface area contributed by atoms with Crippen molar-refractivity contribution in [2.45, 2.75) is 6.92 Å². The Balaban J connectivity index is 3.10. The molecule has 0 spiro atoms. The molecule has 2 N–H and O–H groups in total. The second-order valence-corrected chi connectivity index (χ2v) is 3.60. The van der Waals surface area contributed by atoms with Gasteiger partial charge in [-0.1, -0.05) is 6.08 Å². The third-order valence-corrected chi connectivity index (χ3v) is 2.38. The predicted octanol–water partition coefficient (Wildman–Crippen LogP) is 2.42. The van der Waals surface area contributed by atoms with Gasteiger partial charge in [0, 0.05) is 20.3 Å². The maximum atomic E-state index is 10.9. The van der Waals surface area contributed by atoms with Crippen LogP contribution in [0.1, 0.15) is 17.3 Å². The molecule has 0 saturated carbocycles. The molecule has 0 aliphatic rings. The number of nitrogens with one attached hydrogen (secondary N) is 1. The molecular weight excluding hydrogens is 230 g/mol. The minimum atomic E-state index is -0.954. The zero-order chi connectivity index (χ0) is 13.5. The van der Waals surface area contributed by atoms with E-state index in [1.54, 1.807) is 49.6 Å². The molecular formula is C13H17N3O2. The van der Waals surface area contributed by atoms with Crippen LogP contribution in [0, 0.1) is 0 Å². The van der Waals surface area contributed by atoms with Crippen molar-refractivity contribution < 1.29 is 9.90 Å². The summed E-state index contributed by atoms with van der Waals surface area (Å²) in [5.74, 6) is -0.954. The maximum absolute atomic E-state index is 10.9. The van der Waals surface area contributed by atoms with Gasteiger partial charge >= 0.3 is 5.97 Å². The summed E-state index contributed by atoms with van der Waals surface area (Å²) in [5.41, 5.74) is 1.76. The molecule has 0 heterocycles. The zero-order valence-electron chi connectivity index (χ0n) is 10.7. The molecule has 1 aromatic rings. The van der Waals surface area contributed by atoms with Crippen molar-refractivity contribution in [2.75, 3.05) is 24.4 Å². The summed E-state index contributed by atoms with van der Waals surface area (Å²) in [6.45, 7) is 1.90. The molecule has 0 atom stereocenters. The number of hydrogen-bond acceptors (Lipinski definition) is 4. The lowest BCUT2D eigenvalue weighted by molar-refractivity contribution is 0.0697. The fraction of sp³-hybridized carbons (Fsp3) is 0.231. The Morgan fingerprint density at radius 2 is 2.22 bits per heavy atom. The van der Waals surface area contributed by atoms with Crippen molar-refractivity contribution in [1.29, 1.82) is 0 Å². The number of benzene rings is 1. The Labute approximate surface area is 106 Å². The third kappa shape index (κ3) is 3.35. The predicted molar refractivity (Wildman–Crippen MR) is 74.7 cm³/mol. The van der Waals surface area contributed by atoms with Gasteiger partial charge in [0.05, 0.1) is 16.9 Å². The third-order valence-electron chi connectivity index (χ3n) is 2.38. The second-order valence-electron chi connectivity index (χ2n) is 3.60. The molecule has 18 heavy (non-hydrogen) atoms. The standard InChI is InChI=1S/C13H17N3O2/c1-4-5-8-15-16(3)12-9-10(13(17)18)6-7-11(12)14-2/h4-9,14H,1-3H3,(H,17,18)/b5-4-,15-8-. The molecule has 0 amide bonds. The number of carboxylic acids is 1. The molecule has 0 aliphatic carbocycles. The average molecular weight is 247 g/mol. The van der Waals surface area contributed by atoms with Crippen LogP contribution in [0.2, 0.25) is 0 Å². The molecule has 5 heteroatoms. The van der Waals surface area contributed by atoms with E-state index in [1.807, 2.05) is 13.0 Å². The first-order valence-corrected chi connectivity index (χ1v) is 5.54. The topological polar surface area (TPSA) is 64.9 Å². The van der Waals surface area contributed by atoms with Crippen LogP contribution in [-0.4, -0.2) is 31.4 Å². The van der Waals surface area contributed by atoms with Gasteiger partial charge in [-0.15, -0.1) is 0 Å². The quantitative estimate of drug-likeness (QED) is 0.619. The zero-order valence-corrected chi connectivity index (χ0v) is 10.7. The number of carbonyl (C=O) groups is 1. The van der Waals surface area contributed by atoms with E-state index in [0.717, 1.165) is 5.69 Å². The maximum Gasteiger partial charge on any atom is 0.335 e. The Morgan fingerprint density at radius 1 is 1.50 bits per heavy atom. The lowest BCUT2D eigenvalue weighted by Gasteiger charge is -2.17. The largest absolute Gasteiger partial charge is 0.478 e. The van der Waals surface area contributed by atoms with Gasteiger partial charge in [-0.2, -0.15) is 5.10 Å². The summed E-state index contributed by atoms with van der Waals surface area (Å²) in [4.78, 5) is 10.9. The minimum Gasteiger partial charge on any atom is -0.478 e. The van der Waals surface area contributed by atoms with E-state index in [4.69, 9.17) is 5.11 Å². The van der Waals surface area contributed by atoms with Crippen molar-refractivity contribution in [3.63, 3.8) is 0 Å². The van der Waals surface area contributed by atoms with Crippen molar-refractivity contribution >= 4 is 23.6 Å². The van der Waals surface area contributed by atoms with Crippen LogP contribution in [-0.2, 0) is 0 Å². The summed E-state index contributed by atoms with van der Waals surface area (Å²) >= 11 is 0. The first kappa shape index (κ1) is 13.8. The highest BCUT2D eigenvalue weighted by molar-refractivity contribution is 5.91. The molecule has 0 saturated heterocycles. The molecule has 1 rings (SSSR count). The molecule has 0 bridgehead atoms. The Kier molecular flexibility index (Phi) is 4.92. The van der Waals surface area contributed by atoms with E-state index in [1.165, 1.54) is 0 Å². The van der Waals surface area contributed by atoms with E-state index < -0.39 is 5.97 Å². The summed E-state index contributed by atoms with van der Waals surface area (Å²) in [6, 6.07) is 4.86. The van der Waals surface area contributed by atoms with Crippen molar-refractivity contribution in [1.82, 2.24) is 0 Å². The lowest BCUT2D eigenvalue weighted by Crippen LogP contribution is -2.12. The fourth-order valence-corrected chi connectivity index (χ4v) is 1.43. The molecule has 0 aliphatic heterocycles. The normalized spacial score (nSPS) is 11.1. The van der Waals surface area contributed by atoms with E-state index >= 15 is 0 Å². The molecule has 0 radical (unpaired) electrons. The Bertz CT molecular complexity index is 481.